The van der Waals surface area contributed by atoms with Gasteiger partial charge < -0.3 is 4.74 Å². The highest BCUT2D eigenvalue weighted by Crippen LogP contribution is 2.18. The summed E-state index contributed by atoms with van der Waals surface area (Å²) >= 11 is 3.36. The Morgan fingerprint density at radius 2 is 1.95 bits per heavy atom. The number of hydrogen-bond donors (Lipinski definition) is 1. The standard InChI is InChI=1S/C17H17BrN2O2/c1-12-3-8-16(13(2)9-12)22-11-17(21)20-19-10-14-4-6-15(18)7-5-14/h3-10H,11H2,1-2H3,(H,20,21). The summed E-state index contributed by atoms with van der Waals surface area (Å²) in [5, 5.41) is 3.90. The van der Waals surface area contributed by atoms with Gasteiger partial charge in [-0.1, -0.05) is 45.8 Å². The summed E-state index contributed by atoms with van der Waals surface area (Å²) in [4.78, 5) is 11.7. The number of aryl methyl sites for hydroxylation is 2. The van der Waals surface area contributed by atoms with Crippen LogP contribution in [0.15, 0.2) is 52.0 Å². The summed E-state index contributed by atoms with van der Waals surface area (Å²) < 4.78 is 6.48. The predicted octanol–water partition coefficient (Wildman–Crippen LogP) is 3.60. The van der Waals surface area contributed by atoms with Crippen LogP contribution in [0.25, 0.3) is 0 Å². The lowest BCUT2D eigenvalue weighted by Gasteiger charge is -2.08. The van der Waals surface area contributed by atoms with Crippen molar-refractivity contribution in [3.05, 3.63) is 63.6 Å². The largest absolute Gasteiger partial charge is 0.483 e. The van der Waals surface area contributed by atoms with E-state index in [2.05, 4.69) is 26.5 Å². The lowest BCUT2D eigenvalue weighted by atomic mass is 10.1. The fraction of sp³-hybridized carbons (Fsp3) is 0.176. The number of carbonyl (C=O) groups excluding carboxylic acids is 1. The number of hydrogen-bond acceptors (Lipinski definition) is 3. The average Bonchev–Trinajstić information content (AvgIpc) is 2.48. The van der Waals surface area contributed by atoms with Gasteiger partial charge in [-0.15, -0.1) is 0 Å². The molecule has 2 aromatic carbocycles. The summed E-state index contributed by atoms with van der Waals surface area (Å²) in [7, 11) is 0. The van der Waals surface area contributed by atoms with E-state index in [4.69, 9.17) is 4.74 Å². The first-order valence-corrected chi connectivity index (χ1v) is 7.61. The smallest absolute Gasteiger partial charge is 0.277 e. The second kappa shape index (κ2) is 7.75. The Kier molecular flexibility index (Phi) is 5.72. The van der Waals surface area contributed by atoms with E-state index >= 15 is 0 Å². The van der Waals surface area contributed by atoms with Crippen molar-refractivity contribution in [1.29, 1.82) is 0 Å². The van der Waals surface area contributed by atoms with Crippen molar-refractivity contribution in [2.75, 3.05) is 6.61 Å². The third-order valence-electron chi connectivity index (χ3n) is 2.96. The molecule has 22 heavy (non-hydrogen) atoms. The normalized spacial score (nSPS) is 10.7. The molecule has 0 bridgehead atoms. The van der Waals surface area contributed by atoms with Crippen molar-refractivity contribution < 1.29 is 9.53 Å². The van der Waals surface area contributed by atoms with Crippen LogP contribution in [0, 0.1) is 13.8 Å². The molecule has 0 fully saturated rings. The summed E-state index contributed by atoms with van der Waals surface area (Å²) in [5.41, 5.74) is 5.51. The van der Waals surface area contributed by atoms with Crippen LogP contribution >= 0.6 is 15.9 Å². The monoisotopic (exact) mass is 360 g/mol. The second-order valence-corrected chi connectivity index (χ2v) is 5.82. The van der Waals surface area contributed by atoms with Crippen LogP contribution in [-0.4, -0.2) is 18.7 Å². The molecule has 0 spiro atoms. The predicted molar refractivity (Wildman–Crippen MR) is 91.3 cm³/mol. The summed E-state index contributed by atoms with van der Waals surface area (Å²) in [6.45, 7) is 3.90. The third-order valence-corrected chi connectivity index (χ3v) is 3.49. The fourth-order valence-corrected chi connectivity index (χ4v) is 2.13. The summed E-state index contributed by atoms with van der Waals surface area (Å²) in [6, 6.07) is 13.4. The van der Waals surface area contributed by atoms with Crippen molar-refractivity contribution >= 4 is 28.1 Å². The molecule has 5 heteroatoms. The van der Waals surface area contributed by atoms with Crippen LogP contribution in [0.3, 0.4) is 0 Å². The molecule has 2 rings (SSSR count). The van der Waals surface area contributed by atoms with Gasteiger partial charge >= 0.3 is 0 Å². The molecule has 0 aliphatic heterocycles. The quantitative estimate of drug-likeness (QED) is 0.654. The molecule has 114 valence electrons. The molecule has 4 nitrogen and oxygen atoms in total. The molecule has 0 aliphatic carbocycles. The van der Waals surface area contributed by atoms with Gasteiger partial charge in [0.2, 0.25) is 0 Å². The maximum atomic E-state index is 11.7. The van der Waals surface area contributed by atoms with Gasteiger partial charge in [-0.25, -0.2) is 5.43 Å². The van der Waals surface area contributed by atoms with E-state index in [0.717, 1.165) is 21.2 Å². The van der Waals surface area contributed by atoms with E-state index in [1.165, 1.54) is 0 Å². The fourth-order valence-electron chi connectivity index (χ4n) is 1.86. The summed E-state index contributed by atoms with van der Waals surface area (Å²) in [5.74, 6) is 0.408. The number of carbonyl (C=O) groups is 1. The Bertz CT molecular complexity index is 682. The molecule has 0 saturated heterocycles. The van der Waals surface area contributed by atoms with Gasteiger partial charge in [-0.05, 0) is 43.2 Å². The van der Waals surface area contributed by atoms with Gasteiger partial charge in [0.25, 0.3) is 5.91 Å². The van der Waals surface area contributed by atoms with Gasteiger partial charge in [0.05, 0.1) is 6.21 Å². The van der Waals surface area contributed by atoms with Crippen molar-refractivity contribution in [3.63, 3.8) is 0 Å². The Labute approximate surface area is 138 Å². The van der Waals surface area contributed by atoms with Crippen LogP contribution < -0.4 is 10.2 Å². The first-order valence-electron chi connectivity index (χ1n) is 6.82. The van der Waals surface area contributed by atoms with Crippen molar-refractivity contribution in [2.24, 2.45) is 5.10 Å². The number of hydrazone groups is 1. The second-order valence-electron chi connectivity index (χ2n) is 4.90. The molecule has 0 heterocycles. The number of amides is 1. The number of benzene rings is 2. The minimum absolute atomic E-state index is 0.0679. The van der Waals surface area contributed by atoms with E-state index in [0.29, 0.717) is 5.75 Å². The summed E-state index contributed by atoms with van der Waals surface area (Å²) in [6.07, 6.45) is 1.58. The van der Waals surface area contributed by atoms with Gasteiger partial charge in [-0.2, -0.15) is 5.10 Å². The number of ether oxygens (including phenoxy) is 1. The Morgan fingerprint density at radius 1 is 1.23 bits per heavy atom. The Hall–Kier alpha value is -2.14. The molecular formula is C17H17BrN2O2. The highest BCUT2D eigenvalue weighted by atomic mass is 79.9. The average molecular weight is 361 g/mol. The number of nitrogens with zero attached hydrogens (tertiary/aromatic N) is 1. The van der Waals surface area contributed by atoms with Gasteiger partial charge in [0, 0.05) is 4.47 Å². The number of rotatable bonds is 5. The molecule has 0 saturated carbocycles. The number of halogens is 1. The van der Waals surface area contributed by atoms with E-state index in [-0.39, 0.29) is 12.5 Å². The van der Waals surface area contributed by atoms with Crippen molar-refractivity contribution in [1.82, 2.24) is 5.43 Å². The first kappa shape index (κ1) is 16.2. The van der Waals surface area contributed by atoms with E-state index in [9.17, 15) is 4.79 Å². The molecule has 1 N–H and O–H groups in total. The zero-order valence-corrected chi connectivity index (χ0v) is 14.1. The van der Waals surface area contributed by atoms with Crippen LogP contribution in [0.2, 0.25) is 0 Å². The minimum atomic E-state index is -0.298. The lowest BCUT2D eigenvalue weighted by molar-refractivity contribution is -0.123. The molecule has 0 unspecified atom stereocenters. The topological polar surface area (TPSA) is 50.7 Å². The van der Waals surface area contributed by atoms with E-state index in [1.807, 2.05) is 56.3 Å². The van der Waals surface area contributed by atoms with E-state index < -0.39 is 0 Å². The molecule has 0 aliphatic rings. The number of nitrogens with one attached hydrogen (secondary N) is 1. The molecule has 0 aromatic heterocycles. The highest BCUT2D eigenvalue weighted by molar-refractivity contribution is 9.10. The molecule has 1 amide bonds. The molecule has 2 aromatic rings. The van der Waals surface area contributed by atoms with Crippen molar-refractivity contribution in [2.45, 2.75) is 13.8 Å². The maximum absolute atomic E-state index is 11.7. The first-order chi connectivity index (χ1) is 10.5. The third kappa shape index (κ3) is 5.00. The zero-order chi connectivity index (χ0) is 15.9. The Morgan fingerprint density at radius 3 is 2.64 bits per heavy atom. The highest BCUT2D eigenvalue weighted by Gasteiger charge is 2.04. The van der Waals surface area contributed by atoms with Crippen LogP contribution in [0.5, 0.6) is 5.75 Å². The Balaban J connectivity index is 1.81. The van der Waals surface area contributed by atoms with Crippen LogP contribution in [0.4, 0.5) is 0 Å². The van der Waals surface area contributed by atoms with Gasteiger partial charge in [0.1, 0.15) is 5.75 Å². The lowest BCUT2D eigenvalue weighted by Crippen LogP contribution is -2.24. The molecule has 0 atom stereocenters. The molecule has 0 radical (unpaired) electrons. The van der Waals surface area contributed by atoms with Crippen LogP contribution in [-0.2, 0) is 4.79 Å². The maximum Gasteiger partial charge on any atom is 0.277 e. The zero-order valence-electron chi connectivity index (χ0n) is 12.5. The van der Waals surface area contributed by atoms with Gasteiger partial charge in [-0.3, -0.25) is 4.79 Å². The van der Waals surface area contributed by atoms with Crippen molar-refractivity contribution in [3.8, 4) is 5.75 Å². The SMILES string of the molecule is Cc1ccc(OCC(=O)NN=Cc2ccc(Br)cc2)c(C)c1. The molecular weight excluding hydrogens is 344 g/mol. The minimum Gasteiger partial charge on any atom is -0.483 e. The van der Waals surface area contributed by atoms with E-state index in [1.54, 1.807) is 6.21 Å². The van der Waals surface area contributed by atoms with Crippen LogP contribution in [0.1, 0.15) is 16.7 Å². The van der Waals surface area contributed by atoms with Gasteiger partial charge in [0.15, 0.2) is 6.61 Å².